The van der Waals surface area contributed by atoms with E-state index in [0.717, 1.165) is 0 Å². The van der Waals surface area contributed by atoms with Gasteiger partial charge in [0, 0.05) is 0 Å². The van der Waals surface area contributed by atoms with Gasteiger partial charge in [0.25, 0.3) is 0 Å². The molecule has 0 rings (SSSR count). The molecule has 0 aromatic heterocycles. The summed E-state index contributed by atoms with van der Waals surface area (Å²) >= 11 is 0. The van der Waals surface area contributed by atoms with Gasteiger partial charge in [-0.05, 0) is 33.1 Å². The fourth-order valence-corrected chi connectivity index (χ4v) is 1.17. The van der Waals surface area contributed by atoms with Gasteiger partial charge in [-0.25, -0.2) is 0 Å². The van der Waals surface area contributed by atoms with Crippen LogP contribution in [0.4, 0.5) is 0 Å². The van der Waals surface area contributed by atoms with Crippen LogP contribution in [0.3, 0.4) is 0 Å². The lowest BCUT2D eigenvalue weighted by Gasteiger charge is -2.35. The second kappa shape index (κ2) is 3.45. The molecule has 0 aromatic carbocycles. The smallest absolute Gasteiger partial charge is 0.0802 e. The summed E-state index contributed by atoms with van der Waals surface area (Å²) in [4.78, 5) is 0. The number of nitriles is 1. The van der Waals surface area contributed by atoms with Crippen LogP contribution in [0, 0.1) is 22.7 Å². The van der Waals surface area contributed by atoms with Crippen LogP contribution in [0.15, 0.2) is 0 Å². The maximum Gasteiger partial charge on any atom is 0.0802 e. The van der Waals surface area contributed by atoms with Gasteiger partial charge >= 0.3 is 0 Å². The highest BCUT2D eigenvalue weighted by molar-refractivity contribution is 5.04. The minimum atomic E-state index is -0.893. The quantitative estimate of drug-likeness (QED) is 0.704. The SMILES string of the molecule is CC(C)CC(C)(O)C(C)(C)C#N. The zero-order chi connectivity index (χ0) is 9.99. The second-order valence-electron chi connectivity index (χ2n) is 4.61. The van der Waals surface area contributed by atoms with Gasteiger partial charge in [-0.3, -0.25) is 0 Å². The van der Waals surface area contributed by atoms with E-state index in [9.17, 15) is 5.11 Å². The van der Waals surface area contributed by atoms with Gasteiger partial charge in [-0.1, -0.05) is 13.8 Å². The van der Waals surface area contributed by atoms with E-state index in [2.05, 4.69) is 6.07 Å². The first-order valence-corrected chi connectivity index (χ1v) is 4.36. The molecule has 0 aliphatic heterocycles. The lowest BCUT2D eigenvalue weighted by molar-refractivity contribution is -0.0380. The molecule has 0 radical (unpaired) electrons. The number of rotatable bonds is 3. The van der Waals surface area contributed by atoms with Crippen molar-refractivity contribution in [2.45, 2.75) is 46.6 Å². The van der Waals surface area contributed by atoms with Gasteiger partial charge in [-0.2, -0.15) is 5.26 Å². The summed E-state index contributed by atoms with van der Waals surface area (Å²) in [6.07, 6.45) is 0.660. The number of hydrogen-bond donors (Lipinski definition) is 1. The summed E-state index contributed by atoms with van der Waals surface area (Å²) in [6.45, 7) is 9.37. The zero-order valence-electron chi connectivity index (χ0n) is 8.68. The summed E-state index contributed by atoms with van der Waals surface area (Å²) < 4.78 is 0. The van der Waals surface area contributed by atoms with Crippen molar-refractivity contribution in [1.29, 1.82) is 5.26 Å². The Kier molecular flexibility index (Phi) is 3.29. The predicted octanol–water partition coefficient (Wildman–Crippen LogP) is 2.33. The maximum atomic E-state index is 9.99. The van der Waals surface area contributed by atoms with Crippen LogP contribution in [-0.4, -0.2) is 10.7 Å². The molecule has 2 heteroatoms. The number of nitrogens with zero attached hydrogens (tertiary/aromatic N) is 1. The van der Waals surface area contributed by atoms with Crippen molar-refractivity contribution in [2.24, 2.45) is 11.3 Å². The first kappa shape index (κ1) is 11.4. The molecule has 0 spiro atoms. The normalized spacial score (nSPS) is 17.2. The fraction of sp³-hybridized carbons (Fsp3) is 0.900. The molecule has 2 nitrogen and oxygen atoms in total. The van der Waals surface area contributed by atoms with E-state index < -0.39 is 11.0 Å². The van der Waals surface area contributed by atoms with Gasteiger partial charge in [0.15, 0.2) is 0 Å². The van der Waals surface area contributed by atoms with Gasteiger partial charge < -0.3 is 5.11 Å². The van der Waals surface area contributed by atoms with E-state index in [1.54, 1.807) is 20.8 Å². The Hall–Kier alpha value is -0.550. The first-order chi connectivity index (χ1) is 5.23. The van der Waals surface area contributed by atoms with E-state index in [-0.39, 0.29) is 0 Å². The summed E-state index contributed by atoms with van der Waals surface area (Å²) in [5.41, 5.74) is -1.56. The minimum absolute atomic E-state index is 0.410. The number of aliphatic hydroxyl groups is 1. The van der Waals surface area contributed by atoms with Crippen LogP contribution in [0.2, 0.25) is 0 Å². The van der Waals surface area contributed by atoms with Gasteiger partial charge in [0.05, 0.1) is 17.1 Å². The largest absolute Gasteiger partial charge is 0.389 e. The first-order valence-electron chi connectivity index (χ1n) is 4.36. The third-order valence-corrected chi connectivity index (χ3v) is 2.43. The van der Waals surface area contributed by atoms with E-state index in [4.69, 9.17) is 5.26 Å². The Morgan fingerprint density at radius 1 is 1.33 bits per heavy atom. The molecular formula is C10H19NO. The van der Waals surface area contributed by atoms with E-state index in [1.165, 1.54) is 0 Å². The van der Waals surface area contributed by atoms with E-state index in [1.807, 2.05) is 13.8 Å². The highest BCUT2D eigenvalue weighted by Crippen LogP contribution is 2.34. The Morgan fingerprint density at radius 2 is 1.75 bits per heavy atom. The van der Waals surface area contributed by atoms with E-state index in [0.29, 0.717) is 12.3 Å². The van der Waals surface area contributed by atoms with Gasteiger partial charge in [-0.15, -0.1) is 0 Å². The number of hydrogen-bond acceptors (Lipinski definition) is 2. The third-order valence-electron chi connectivity index (χ3n) is 2.43. The average Bonchev–Trinajstić information content (AvgIpc) is 1.84. The molecule has 0 aliphatic rings. The molecule has 1 N–H and O–H groups in total. The molecule has 0 bridgehead atoms. The lowest BCUT2D eigenvalue weighted by atomic mass is 9.73. The molecule has 0 aromatic rings. The van der Waals surface area contributed by atoms with Crippen LogP contribution >= 0.6 is 0 Å². The van der Waals surface area contributed by atoms with Crippen molar-refractivity contribution in [2.75, 3.05) is 0 Å². The van der Waals surface area contributed by atoms with Gasteiger partial charge in [0.1, 0.15) is 0 Å². The molecule has 70 valence electrons. The highest BCUT2D eigenvalue weighted by atomic mass is 16.3. The summed E-state index contributed by atoms with van der Waals surface area (Å²) in [5, 5.41) is 18.8. The maximum absolute atomic E-state index is 9.99. The Labute approximate surface area is 75.2 Å². The van der Waals surface area contributed by atoms with Crippen LogP contribution < -0.4 is 0 Å². The molecule has 0 amide bonds. The Morgan fingerprint density at radius 3 is 2.00 bits per heavy atom. The van der Waals surface area contributed by atoms with Crippen molar-refractivity contribution in [3.8, 4) is 6.07 Å². The van der Waals surface area contributed by atoms with Crippen molar-refractivity contribution >= 4 is 0 Å². The Bertz CT molecular complexity index is 187. The van der Waals surface area contributed by atoms with Crippen LogP contribution in [0.5, 0.6) is 0 Å². The highest BCUT2D eigenvalue weighted by Gasteiger charge is 2.39. The second-order valence-corrected chi connectivity index (χ2v) is 4.61. The topological polar surface area (TPSA) is 44.0 Å². The predicted molar refractivity (Wildman–Crippen MR) is 49.5 cm³/mol. The molecule has 1 unspecified atom stereocenters. The summed E-state index contributed by atoms with van der Waals surface area (Å²) in [6, 6.07) is 2.14. The van der Waals surface area contributed by atoms with Crippen LogP contribution in [-0.2, 0) is 0 Å². The summed E-state index contributed by atoms with van der Waals surface area (Å²) in [7, 11) is 0. The van der Waals surface area contributed by atoms with Crippen molar-refractivity contribution in [1.82, 2.24) is 0 Å². The van der Waals surface area contributed by atoms with Crippen molar-refractivity contribution in [3.63, 3.8) is 0 Å². The van der Waals surface area contributed by atoms with Crippen molar-refractivity contribution < 1.29 is 5.11 Å². The zero-order valence-corrected chi connectivity index (χ0v) is 8.68. The molecule has 0 heterocycles. The van der Waals surface area contributed by atoms with E-state index >= 15 is 0 Å². The minimum Gasteiger partial charge on any atom is -0.389 e. The molecule has 0 saturated heterocycles. The standard InChI is InChI=1S/C10H19NO/c1-8(2)6-10(5,12)9(3,4)7-11/h8,12H,6H2,1-5H3. The monoisotopic (exact) mass is 169 g/mol. The van der Waals surface area contributed by atoms with Crippen LogP contribution in [0.25, 0.3) is 0 Å². The molecule has 1 atom stereocenters. The molecule has 0 aliphatic carbocycles. The third kappa shape index (κ3) is 2.49. The molecule has 0 saturated carbocycles. The van der Waals surface area contributed by atoms with Crippen molar-refractivity contribution in [3.05, 3.63) is 0 Å². The Balaban J connectivity index is 4.52. The lowest BCUT2D eigenvalue weighted by Crippen LogP contribution is -2.41. The average molecular weight is 169 g/mol. The molecular weight excluding hydrogens is 150 g/mol. The van der Waals surface area contributed by atoms with Crippen LogP contribution in [0.1, 0.15) is 41.0 Å². The van der Waals surface area contributed by atoms with Gasteiger partial charge in [0.2, 0.25) is 0 Å². The molecule has 0 fully saturated rings. The fourth-order valence-electron chi connectivity index (χ4n) is 1.17. The molecule has 12 heavy (non-hydrogen) atoms. The summed E-state index contributed by atoms with van der Waals surface area (Å²) in [5.74, 6) is 0.410.